The number of nitrogens with zero attached hydrogens (tertiary/aromatic N) is 1. The molecule has 0 saturated carbocycles. The molecule has 0 spiro atoms. The van der Waals surface area contributed by atoms with Crippen molar-refractivity contribution in [3.63, 3.8) is 0 Å². The lowest BCUT2D eigenvalue weighted by Crippen LogP contribution is -2.32. The van der Waals surface area contributed by atoms with Gasteiger partial charge in [0.25, 0.3) is 11.8 Å². The van der Waals surface area contributed by atoms with Gasteiger partial charge in [0, 0.05) is 6.08 Å². The molecular weight excluding hydrogens is 350 g/mol. The van der Waals surface area contributed by atoms with E-state index in [1.165, 1.54) is 26.4 Å². The summed E-state index contributed by atoms with van der Waals surface area (Å²) in [5, 5.41) is 0. The van der Waals surface area contributed by atoms with Crippen LogP contribution in [-0.2, 0) is 9.53 Å². The Bertz CT molecular complexity index is 899. The van der Waals surface area contributed by atoms with Gasteiger partial charge < -0.3 is 14.2 Å². The summed E-state index contributed by atoms with van der Waals surface area (Å²) in [6.45, 7) is -0.443. The standard InChI is InChI=1S/C20H17NO6/c1-25-16-9-7-13(11-17(16)26-2)8-10-18(22)27-12-21-19(23)14-5-3-4-6-15(14)20(21)24/h3-11H,12H2,1-2H3. The van der Waals surface area contributed by atoms with E-state index in [0.29, 0.717) is 28.2 Å². The molecule has 138 valence electrons. The maximum atomic E-state index is 12.2. The summed E-state index contributed by atoms with van der Waals surface area (Å²) in [5.41, 5.74) is 1.31. The molecule has 0 unspecified atom stereocenters. The largest absolute Gasteiger partial charge is 0.493 e. The van der Waals surface area contributed by atoms with Crippen molar-refractivity contribution in [2.45, 2.75) is 0 Å². The highest BCUT2D eigenvalue weighted by atomic mass is 16.5. The van der Waals surface area contributed by atoms with E-state index in [4.69, 9.17) is 14.2 Å². The van der Waals surface area contributed by atoms with Crippen molar-refractivity contribution >= 4 is 23.9 Å². The second-order valence-corrected chi connectivity index (χ2v) is 5.62. The zero-order valence-corrected chi connectivity index (χ0v) is 14.8. The minimum absolute atomic E-state index is 0.305. The van der Waals surface area contributed by atoms with E-state index in [0.717, 1.165) is 4.90 Å². The Morgan fingerprint density at radius 2 is 1.59 bits per heavy atom. The first kappa shape index (κ1) is 18.2. The molecule has 0 fully saturated rings. The Morgan fingerprint density at radius 3 is 2.19 bits per heavy atom. The maximum Gasteiger partial charge on any atom is 0.332 e. The molecule has 1 aliphatic heterocycles. The quantitative estimate of drug-likeness (QED) is 0.443. The highest BCUT2D eigenvalue weighted by molar-refractivity contribution is 6.21. The molecule has 0 atom stereocenters. The van der Waals surface area contributed by atoms with Crippen LogP contribution in [0.2, 0.25) is 0 Å². The number of imide groups is 1. The average molecular weight is 367 g/mol. The van der Waals surface area contributed by atoms with Crippen LogP contribution in [0.1, 0.15) is 26.3 Å². The van der Waals surface area contributed by atoms with Gasteiger partial charge in [-0.1, -0.05) is 18.2 Å². The lowest BCUT2D eigenvalue weighted by Gasteiger charge is -2.12. The minimum atomic E-state index is -0.679. The smallest absolute Gasteiger partial charge is 0.332 e. The predicted octanol–water partition coefficient (Wildman–Crippen LogP) is 2.51. The number of methoxy groups -OCH3 is 2. The molecule has 0 bridgehead atoms. The molecule has 27 heavy (non-hydrogen) atoms. The van der Waals surface area contributed by atoms with Crippen LogP contribution in [0, 0.1) is 0 Å². The van der Waals surface area contributed by atoms with Crippen molar-refractivity contribution in [3.8, 4) is 11.5 Å². The van der Waals surface area contributed by atoms with Crippen molar-refractivity contribution < 1.29 is 28.6 Å². The average Bonchev–Trinajstić information content (AvgIpc) is 2.95. The van der Waals surface area contributed by atoms with Crippen LogP contribution >= 0.6 is 0 Å². The van der Waals surface area contributed by atoms with Gasteiger partial charge in [0.1, 0.15) is 0 Å². The zero-order valence-electron chi connectivity index (χ0n) is 14.8. The normalized spacial score (nSPS) is 13.0. The first-order valence-corrected chi connectivity index (χ1v) is 8.07. The fourth-order valence-electron chi connectivity index (χ4n) is 2.65. The molecular formula is C20H17NO6. The van der Waals surface area contributed by atoms with Crippen molar-refractivity contribution in [2.24, 2.45) is 0 Å². The second-order valence-electron chi connectivity index (χ2n) is 5.62. The highest BCUT2D eigenvalue weighted by Gasteiger charge is 2.35. The van der Waals surface area contributed by atoms with Gasteiger partial charge in [-0.15, -0.1) is 0 Å². The van der Waals surface area contributed by atoms with Crippen LogP contribution in [0.3, 0.4) is 0 Å². The molecule has 7 heteroatoms. The van der Waals surface area contributed by atoms with E-state index in [-0.39, 0.29) is 0 Å². The Morgan fingerprint density at radius 1 is 0.963 bits per heavy atom. The van der Waals surface area contributed by atoms with Gasteiger partial charge in [-0.25, -0.2) is 9.69 Å². The van der Waals surface area contributed by atoms with Crippen molar-refractivity contribution in [3.05, 3.63) is 65.2 Å². The van der Waals surface area contributed by atoms with E-state index in [9.17, 15) is 14.4 Å². The number of esters is 1. The third kappa shape index (κ3) is 3.67. The molecule has 0 N–H and O–H groups in total. The summed E-state index contributed by atoms with van der Waals surface area (Å²) in [6.07, 6.45) is 2.74. The summed E-state index contributed by atoms with van der Waals surface area (Å²) < 4.78 is 15.4. The monoisotopic (exact) mass is 367 g/mol. The summed E-state index contributed by atoms with van der Waals surface area (Å²) in [6, 6.07) is 11.6. The number of benzene rings is 2. The number of hydrogen-bond acceptors (Lipinski definition) is 6. The number of amides is 2. The second kappa shape index (κ2) is 7.74. The first-order valence-electron chi connectivity index (χ1n) is 8.07. The summed E-state index contributed by atoms with van der Waals surface area (Å²) >= 11 is 0. The van der Waals surface area contributed by atoms with Crippen LogP contribution in [0.4, 0.5) is 0 Å². The van der Waals surface area contributed by atoms with E-state index < -0.39 is 24.5 Å². The van der Waals surface area contributed by atoms with Crippen LogP contribution in [-0.4, -0.2) is 43.6 Å². The molecule has 3 rings (SSSR count). The van der Waals surface area contributed by atoms with Crippen molar-refractivity contribution in [2.75, 3.05) is 21.0 Å². The first-order chi connectivity index (χ1) is 13.0. The Kier molecular flexibility index (Phi) is 5.21. The van der Waals surface area contributed by atoms with Crippen molar-refractivity contribution in [1.82, 2.24) is 4.90 Å². The molecule has 0 aromatic heterocycles. The van der Waals surface area contributed by atoms with Crippen LogP contribution in [0.5, 0.6) is 11.5 Å². The number of carbonyl (C=O) groups is 3. The Labute approximate surface area is 155 Å². The van der Waals surface area contributed by atoms with Gasteiger partial charge in [-0.2, -0.15) is 0 Å². The summed E-state index contributed by atoms with van der Waals surface area (Å²) in [4.78, 5) is 37.2. The molecule has 2 amide bonds. The minimum Gasteiger partial charge on any atom is -0.493 e. The topological polar surface area (TPSA) is 82.1 Å². The van der Waals surface area contributed by atoms with Gasteiger partial charge >= 0.3 is 5.97 Å². The lowest BCUT2D eigenvalue weighted by molar-refractivity contribution is -0.140. The third-order valence-corrected chi connectivity index (χ3v) is 4.03. The molecule has 2 aromatic carbocycles. The highest BCUT2D eigenvalue weighted by Crippen LogP contribution is 2.28. The van der Waals surface area contributed by atoms with Gasteiger partial charge in [0.2, 0.25) is 0 Å². The van der Waals surface area contributed by atoms with E-state index >= 15 is 0 Å². The van der Waals surface area contributed by atoms with Gasteiger partial charge in [0.05, 0.1) is 25.3 Å². The van der Waals surface area contributed by atoms with Crippen LogP contribution in [0.25, 0.3) is 6.08 Å². The van der Waals surface area contributed by atoms with Crippen LogP contribution < -0.4 is 9.47 Å². The van der Waals surface area contributed by atoms with Gasteiger partial charge in [-0.05, 0) is 35.9 Å². The molecule has 0 aliphatic carbocycles. The maximum absolute atomic E-state index is 12.2. The van der Waals surface area contributed by atoms with Crippen molar-refractivity contribution in [1.29, 1.82) is 0 Å². The molecule has 2 aromatic rings. The molecule has 1 aliphatic rings. The number of rotatable bonds is 6. The van der Waals surface area contributed by atoms with Gasteiger partial charge in [-0.3, -0.25) is 9.59 Å². The molecule has 0 saturated heterocycles. The molecule has 7 nitrogen and oxygen atoms in total. The third-order valence-electron chi connectivity index (χ3n) is 4.03. The predicted molar refractivity (Wildman–Crippen MR) is 96.5 cm³/mol. The van der Waals surface area contributed by atoms with E-state index in [2.05, 4.69) is 0 Å². The van der Waals surface area contributed by atoms with E-state index in [1.807, 2.05) is 0 Å². The SMILES string of the molecule is COc1ccc(C=CC(=O)OCN2C(=O)c3ccccc3C2=O)cc1OC. The van der Waals surface area contributed by atoms with Crippen LogP contribution in [0.15, 0.2) is 48.5 Å². The number of fused-ring (bicyclic) bond motifs is 1. The summed E-state index contributed by atoms with van der Waals surface area (Å²) in [5.74, 6) is -0.539. The number of carbonyl (C=O) groups excluding carboxylic acids is 3. The Balaban J connectivity index is 1.61. The van der Waals surface area contributed by atoms with Gasteiger partial charge in [0.15, 0.2) is 18.2 Å². The number of hydrogen-bond donors (Lipinski definition) is 0. The fraction of sp³-hybridized carbons (Fsp3) is 0.150. The number of ether oxygens (including phenoxy) is 3. The molecule has 0 radical (unpaired) electrons. The Hall–Kier alpha value is -3.61. The lowest BCUT2D eigenvalue weighted by atomic mass is 10.1. The fourth-order valence-corrected chi connectivity index (χ4v) is 2.65. The van der Waals surface area contributed by atoms with E-state index in [1.54, 1.807) is 42.5 Å². The zero-order chi connectivity index (χ0) is 19.4. The summed E-state index contributed by atoms with van der Waals surface area (Å²) in [7, 11) is 3.05. The molecule has 1 heterocycles.